The monoisotopic (exact) mass is 261 g/mol. The van der Waals surface area contributed by atoms with Crippen LogP contribution in [0, 0.1) is 0 Å². The van der Waals surface area contributed by atoms with Crippen LogP contribution < -0.4 is 15.5 Å². The Labute approximate surface area is 113 Å². The molecule has 0 aromatic heterocycles. The van der Waals surface area contributed by atoms with Crippen LogP contribution in [-0.4, -0.2) is 38.5 Å². The van der Waals surface area contributed by atoms with Gasteiger partial charge in [-0.1, -0.05) is 18.2 Å². The van der Waals surface area contributed by atoms with Gasteiger partial charge in [0.15, 0.2) is 0 Å². The minimum atomic E-state index is -0.119. The lowest BCUT2D eigenvalue weighted by Crippen LogP contribution is -2.43. The van der Waals surface area contributed by atoms with Crippen LogP contribution in [-0.2, 0) is 16.0 Å². The van der Waals surface area contributed by atoms with Crippen molar-refractivity contribution >= 4 is 17.5 Å². The van der Waals surface area contributed by atoms with Gasteiger partial charge in [-0.25, -0.2) is 0 Å². The Hall–Kier alpha value is -1.88. The van der Waals surface area contributed by atoms with Gasteiger partial charge in [0.05, 0.1) is 13.1 Å². The summed E-state index contributed by atoms with van der Waals surface area (Å²) < 4.78 is 0. The fourth-order valence-electron chi connectivity index (χ4n) is 2.26. The molecular formula is C14H19N3O2. The van der Waals surface area contributed by atoms with Gasteiger partial charge in [-0.3, -0.25) is 14.9 Å². The molecule has 19 heavy (non-hydrogen) atoms. The normalized spacial score (nSPS) is 13.8. The molecule has 0 saturated carbocycles. The molecule has 0 saturated heterocycles. The first-order valence-electron chi connectivity index (χ1n) is 6.52. The summed E-state index contributed by atoms with van der Waals surface area (Å²) in [4.78, 5) is 25.0. The van der Waals surface area contributed by atoms with Crippen molar-refractivity contribution in [1.29, 1.82) is 0 Å². The highest BCUT2D eigenvalue weighted by Crippen LogP contribution is 2.26. The van der Waals surface area contributed by atoms with E-state index in [2.05, 4.69) is 16.7 Å². The SMILES string of the molecule is CNC(=O)CNCC(=O)N1CCCc2ccccc21. The third-order valence-electron chi connectivity index (χ3n) is 3.25. The largest absolute Gasteiger partial charge is 0.358 e. The summed E-state index contributed by atoms with van der Waals surface area (Å²) in [6, 6.07) is 7.98. The zero-order valence-electron chi connectivity index (χ0n) is 11.1. The molecule has 102 valence electrons. The standard InChI is InChI=1S/C14H19N3O2/c1-15-13(18)9-16-10-14(19)17-8-4-6-11-5-2-3-7-12(11)17/h2-3,5,7,16H,4,6,8-10H2,1H3,(H,15,18). The number of hydrogen-bond donors (Lipinski definition) is 2. The van der Waals surface area contributed by atoms with E-state index in [4.69, 9.17) is 0 Å². The van der Waals surface area contributed by atoms with Crippen molar-refractivity contribution in [2.45, 2.75) is 12.8 Å². The van der Waals surface area contributed by atoms with E-state index in [1.807, 2.05) is 18.2 Å². The molecule has 0 aliphatic carbocycles. The third-order valence-corrected chi connectivity index (χ3v) is 3.25. The van der Waals surface area contributed by atoms with Crippen molar-refractivity contribution in [3.63, 3.8) is 0 Å². The average molecular weight is 261 g/mol. The molecular weight excluding hydrogens is 242 g/mol. The molecule has 1 heterocycles. The molecule has 1 aromatic carbocycles. The van der Waals surface area contributed by atoms with Crippen LogP contribution >= 0.6 is 0 Å². The molecule has 2 amide bonds. The molecule has 0 radical (unpaired) electrons. The third kappa shape index (κ3) is 3.32. The summed E-state index contributed by atoms with van der Waals surface area (Å²) >= 11 is 0. The van der Waals surface area contributed by atoms with Crippen LogP contribution in [0.15, 0.2) is 24.3 Å². The molecule has 5 heteroatoms. The molecule has 1 aliphatic rings. The van der Waals surface area contributed by atoms with E-state index in [0.29, 0.717) is 0 Å². The number of carbonyl (C=O) groups excluding carboxylic acids is 2. The number of para-hydroxylation sites is 1. The second-order valence-electron chi connectivity index (χ2n) is 4.55. The predicted molar refractivity (Wildman–Crippen MR) is 74.1 cm³/mol. The highest BCUT2D eigenvalue weighted by atomic mass is 16.2. The number of fused-ring (bicyclic) bond motifs is 1. The van der Waals surface area contributed by atoms with Gasteiger partial charge in [-0.05, 0) is 24.5 Å². The van der Waals surface area contributed by atoms with Crippen molar-refractivity contribution in [1.82, 2.24) is 10.6 Å². The highest BCUT2D eigenvalue weighted by molar-refractivity contribution is 5.96. The second kappa shape index (κ2) is 6.33. The Kier molecular flexibility index (Phi) is 4.52. The summed E-state index contributed by atoms with van der Waals surface area (Å²) in [7, 11) is 1.58. The molecule has 0 atom stereocenters. The van der Waals surface area contributed by atoms with Crippen LogP contribution in [0.3, 0.4) is 0 Å². The Morgan fingerprint density at radius 3 is 2.84 bits per heavy atom. The van der Waals surface area contributed by atoms with E-state index >= 15 is 0 Å². The van der Waals surface area contributed by atoms with Crippen molar-refractivity contribution in [3.8, 4) is 0 Å². The number of nitrogens with one attached hydrogen (secondary N) is 2. The molecule has 0 unspecified atom stereocenters. The van der Waals surface area contributed by atoms with Gasteiger partial charge >= 0.3 is 0 Å². The van der Waals surface area contributed by atoms with Gasteiger partial charge in [0, 0.05) is 19.3 Å². The van der Waals surface area contributed by atoms with E-state index in [-0.39, 0.29) is 24.9 Å². The fraction of sp³-hybridized carbons (Fsp3) is 0.429. The number of hydrogen-bond acceptors (Lipinski definition) is 3. The van der Waals surface area contributed by atoms with Gasteiger partial charge in [0.2, 0.25) is 11.8 Å². The zero-order valence-corrected chi connectivity index (χ0v) is 11.1. The smallest absolute Gasteiger partial charge is 0.240 e. The van der Waals surface area contributed by atoms with Crippen molar-refractivity contribution in [2.24, 2.45) is 0 Å². The first-order chi connectivity index (χ1) is 9.22. The molecule has 2 rings (SSSR count). The number of likely N-dealkylation sites (N-methyl/N-ethyl adjacent to an activating group) is 1. The summed E-state index contributed by atoms with van der Waals surface area (Å²) in [6.07, 6.45) is 2.00. The first kappa shape index (κ1) is 13.5. The number of carbonyl (C=O) groups is 2. The lowest BCUT2D eigenvalue weighted by atomic mass is 10.0. The minimum Gasteiger partial charge on any atom is -0.358 e. The Balaban J connectivity index is 1.95. The van der Waals surface area contributed by atoms with Crippen molar-refractivity contribution < 1.29 is 9.59 Å². The number of rotatable bonds is 4. The van der Waals surface area contributed by atoms with E-state index < -0.39 is 0 Å². The lowest BCUT2D eigenvalue weighted by Gasteiger charge is -2.29. The maximum absolute atomic E-state index is 12.2. The first-order valence-corrected chi connectivity index (χ1v) is 6.52. The van der Waals surface area contributed by atoms with Gasteiger partial charge in [-0.15, -0.1) is 0 Å². The molecule has 0 spiro atoms. The number of aryl methyl sites for hydroxylation is 1. The minimum absolute atomic E-state index is 0.0102. The molecule has 0 fully saturated rings. The zero-order chi connectivity index (χ0) is 13.7. The van der Waals surface area contributed by atoms with Gasteiger partial charge in [0.1, 0.15) is 0 Å². The number of nitrogens with zero attached hydrogens (tertiary/aromatic N) is 1. The van der Waals surface area contributed by atoms with Crippen LogP contribution in [0.25, 0.3) is 0 Å². The van der Waals surface area contributed by atoms with Crippen LogP contribution in [0.2, 0.25) is 0 Å². The van der Waals surface area contributed by atoms with Crippen LogP contribution in [0.1, 0.15) is 12.0 Å². The van der Waals surface area contributed by atoms with Gasteiger partial charge in [0.25, 0.3) is 0 Å². The van der Waals surface area contributed by atoms with E-state index in [1.54, 1.807) is 11.9 Å². The molecule has 1 aliphatic heterocycles. The number of benzene rings is 1. The fourth-order valence-corrected chi connectivity index (χ4v) is 2.26. The topological polar surface area (TPSA) is 61.4 Å². The summed E-state index contributed by atoms with van der Waals surface area (Å²) in [5.74, 6) is -0.108. The van der Waals surface area contributed by atoms with Crippen molar-refractivity contribution in [2.75, 3.05) is 31.6 Å². The maximum Gasteiger partial charge on any atom is 0.240 e. The molecule has 0 bridgehead atoms. The summed E-state index contributed by atoms with van der Waals surface area (Å²) in [5.41, 5.74) is 2.22. The number of anilines is 1. The molecule has 2 N–H and O–H groups in total. The summed E-state index contributed by atoms with van der Waals surface area (Å²) in [6.45, 7) is 1.09. The molecule has 1 aromatic rings. The van der Waals surface area contributed by atoms with Crippen molar-refractivity contribution in [3.05, 3.63) is 29.8 Å². The lowest BCUT2D eigenvalue weighted by molar-refractivity contribution is -0.120. The second-order valence-corrected chi connectivity index (χ2v) is 4.55. The van der Waals surface area contributed by atoms with Crippen LogP contribution in [0.4, 0.5) is 5.69 Å². The quantitative estimate of drug-likeness (QED) is 0.819. The van der Waals surface area contributed by atoms with E-state index in [0.717, 1.165) is 25.1 Å². The van der Waals surface area contributed by atoms with Gasteiger partial charge in [-0.2, -0.15) is 0 Å². The predicted octanol–water partition coefficient (Wildman–Crippen LogP) is 0.301. The van der Waals surface area contributed by atoms with E-state index in [1.165, 1.54) is 5.56 Å². The summed E-state index contributed by atoms with van der Waals surface area (Å²) in [5, 5.41) is 5.37. The Bertz CT molecular complexity index is 474. The van der Waals surface area contributed by atoms with Gasteiger partial charge < -0.3 is 10.2 Å². The highest BCUT2D eigenvalue weighted by Gasteiger charge is 2.21. The Morgan fingerprint density at radius 1 is 1.26 bits per heavy atom. The van der Waals surface area contributed by atoms with E-state index in [9.17, 15) is 9.59 Å². The van der Waals surface area contributed by atoms with Crippen LogP contribution in [0.5, 0.6) is 0 Å². The Morgan fingerprint density at radius 2 is 2.05 bits per heavy atom. The maximum atomic E-state index is 12.2. The average Bonchev–Trinajstić information content (AvgIpc) is 2.46. The molecule has 5 nitrogen and oxygen atoms in total. The number of amides is 2.